The number of anilines is 1. The third kappa shape index (κ3) is 4.59. The Balaban J connectivity index is 1.47. The van der Waals surface area contributed by atoms with E-state index in [-0.39, 0.29) is 17.9 Å². The van der Waals surface area contributed by atoms with Gasteiger partial charge in [0.05, 0.1) is 22.9 Å². The SMILES string of the molecule is O=C(CC(c1ccccc1)c1ccccc1)N(C[C@H]1CCCO1)c1nc2ccccc2s1. The fourth-order valence-corrected chi connectivity index (χ4v) is 5.33. The molecule has 0 aliphatic carbocycles. The number of carbonyl (C=O) groups excluding carboxylic acids is 1. The minimum Gasteiger partial charge on any atom is -0.376 e. The van der Waals surface area contributed by atoms with Crippen LogP contribution in [-0.4, -0.2) is 30.1 Å². The number of benzene rings is 3. The fourth-order valence-electron chi connectivity index (χ4n) is 4.34. The Morgan fingerprint density at radius 1 is 0.969 bits per heavy atom. The highest BCUT2D eigenvalue weighted by atomic mass is 32.1. The summed E-state index contributed by atoms with van der Waals surface area (Å²) in [4.78, 5) is 20.5. The molecule has 0 unspecified atom stereocenters. The molecule has 4 aromatic rings. The Labute approximate surface area is 192 Å². The lowest BCUT2D eigenvalue weighted by Gasteiger charge is -2.26. The summed E-state index contributed by atoms with van der Waals surface area (Å²) < 4.78 is 6.98. The average molecular weight is 443 g/mol. The van der Waals surface area contributed by atoms with Gasteiger partial charge in [-0.1, -0.05) is 84.1 Å². The monoisotopic (exact) mass is 442 g/mol. The van der Waals surface area contributed by atoms with Crippen molar-refractivity contribution in [2.45, 2.75) is 31.3 Å². The summed E-state index contributed by atoms with van der Waals surface area (Å²) in [5.41, 5.74) is 3.22. The highest BCUT2D eigenvalue weighted by Gasteiger charge is 2.28. The number of hydrogen-bond acceptors (Lipinski definition) is 4. The molecule has 0 radical (unpaired) electrons. The summed E-state index contributed by atoms with van der Waals surface area (Å²) in [6.45, 7) is 1.32. The van der Waals surface area contributed by atoms with Crippen molar-refractivity contribution in [3.05, 3.63) is 96.1 Å². The van der Waals surface area contributed by atoms with Crippen LogP contribution in [0.15, 0.2) is 84.9 Å². The van der Waals surface area contributed by atoms with E-state index in [0.29, 0.717) is 13.0 Å². The molecule has 5 heteroatoms. The van der Waals surface area contributed by atoms with Crippen LogP contribution in [0.1, 0.15) is 36.3 Å². The molecule has 162 valence electrons. The number of amides is 1. The lowest BCUT2D eigenvalue weighted by atomic mass is 9.88. The molecule has 0 bridgehead atoms. The van der Waals surface area contributed by atoms with E-state index in [4.69, 9.17) is 9.72 Å². The Morgan fingerprint density at radius 3 is 2.25 bits per heavy atom. The summed E-state index contributed by atoms with van der Waals surface area (Å²) in [5, 5.41) is 0.756. The van der Waals surface area contributed by atoms with Gasteiger partial charge in [0, 0.05) is 18.9 Å². The molecular weight excluding hydrogens is 416 g/mol. The van der Waals surface area contributed by atoms with Crippen LogP contribution in [0.2, 0.25) is 0 Å². The summed E-state index contributed by atoms with van der Waals surface area (Å²) in [5.74, 6) is 0.0727. The van der Waals surface area contributed by atoms with Gasteiger partial charge in [-0.25, -0.2) is 4.98 Å². The predicted molar refractivity (Wildman–Crippen MR) is 130 cm³/mol. The minimum absolute atomic E-state index is 0.00808. The van der Waals surface area contributed by atoms with Crippen LogP contribution < -0.4 is 4.90 Å². The molecule has 3 aromatic carbocycles. The second kappa shape index (κ2) is 9.63. The van der Waals surface area contributed by atoms with Crippen LogP contribution in [0.3, 0.4) is 0 Å². The summed E-state index contributed by atoms with van der Waals surface area (Å²) in [7, 11) is 0. The third-order valence-electron chi connectivity index (χ3n) is 6.01. The molecule has 1 fully saturated rings. The van der Waals surface area contributed by atoms with E-state index in [1.54, 1.807) is 11.3 Å². The van der Waals surface area contributed by atoms with Gasteiger partial charge in [0.1, 0.15) is 0 Å². The number of aromatic nitrogens is 1. The zero-order chi connectivity index (χ0) is 21.8. The number of carbonyl (C=O) groups is 1. The van der Waals surface area contributed by atoms with Gasteiger partial charge in [-0.3, -0.25) is 9.69 Å². The van der Waals surface area contributed by atoms with Gasteiger partial charge in [-0.05, 0) is 36.1 Å². The molecule has 1 aliphatic rings. The van der Waals surface area contributed by atoms with E-state index >= 15 is 0 Å². The van der Waals surface area contributed by atoms with Gasteiger partial charge in [0.2, 0.25) is 5.91 Å². The van der Waals surface area contributed by atoms with E-state index in [1.165, 1.54) is 0 Å². The molecule has 4 nitrogen and oxygen atoms in total. The van der Waals surface area contributed by atoms with E-state index in [1.807, 2.05) is 59.5 Å². The van der Waals surface area contributed by atoms with Crippen molar-refractivity contribution >= 4 is 32.6 Å². The zero-order valence-corrected chi connectivity index (χ0v) is 18.7. The molecule has 1 saturated heterocycles. The number of ether oxygens (including phenoxy) is 1. The highest BCUT2D eigenvalue weighted by Crippen LogP contribution is 2.33. The van der Waals surface area contributed by atoms with Crippen molar-refractivity contribution in [1.29, 1.82) is 0 Å². The lowest BCUT2D eigenvalue weighted by molar-refractivity contribution is -0.119. The number of hydrogen-bond donors (Lipinski definition) is 0. The third-order valence-corrected chi connectivity index (χ3v) is 7.07. The first-order valence-corrected chi connectivity index (χ1v) is 12.0. The molecular formula is C27H26N2O2S. The van der Waals surface area contributed by atoms with Crippen molar-refractivity contribution in [2.75, 3.05) is 18.1 Å². The molecule has 0 N–H and O–H groups in total. The van der Waals surface area contributed by atoms with Crippen molar-refractivity contribution in [2.24, 2.45) is 0 Å². The first-order chi connectivity index (χ1) is 15.8. The highest BCUT2D eigenvalue weighted by molar-refractivity contribution is 7.22. The Bertz CT molecular complexity index is 1100. The Morgan fingerprint density at radius 2 is 1.62 bits per heavy atom. The molecule has 5 rings (SSSR count). The Kier molecular flexibility index (Phi) is 6.28. The predicted octanol–water partition coefficient (Wildman–Crippen LogP) is 6.03. The number of para-hydroxylation sites is 1. The summed E-state index contributed by atoms with van der Waals surface area (Å²) in [6, 6.07) is 28.6. The van der Waals surface area contributed by atoms with Crippen LogP contribution >= 0.6 is 11.3 Å². The van der Waals surface area contributed by atoms with Crippen LogP contribution in [-0.2, 0) is 9.53 Å². The molecule has 1 amide bonds. The van der Waals surface area contributed by atoms with Crippen molar-refractivity contribution in [3.8, 4) is 0 Å². The standard InChI is InChI=1S/C27H26N2O2S/c30-26(18-23(20-10-3-1-4-11-20)21-12-5-2-6-13-21)29(19-22-14-9-17-31-22)27-28-24-15-7-8-16-25(24)32-27/h1-8,10-13,15-16,22-23H,9,14,17-19H2/t22-/m1/s1. The van der Waals surface area contributed by atoms with Crippen molar-refractivity contribution < 1.29 is 9.53 Å². The van der Waals surface area contributed by atoms with Gasteiger partial charge in [-0.15, -0.1) is 0 Å². The van der Waals surface area contributed by atoms with E-state index < -0.39 is 0 Å². The van der Waals surface area contributed by atoms with Gasteiger partial charge >= 0.3 is 0 Å². The molecule has 2 heterocycles. The second-order valence-electron chi connectivity index (χ2n) is 8.18. The van der Waals surface area contributed by atoms with Crippen molar-refractivity contribution in [3.63, 3.8) is 0 Å². The van der Waals surface area contributed by atoms with Gasteiger partial charge in [0.15, 0.2) is 5.13 Å². The summed E-state index contributed by atoms with van der Waals surface area (Å²) in [6.07, 6.45) is 2.48. The first kappa shape index (κ1) is 20.9. The fraction of sp³-hybridized carbons (Fsp3) is 0.259. The van der Waals surface area contributed by atoms with Crippen LogP contribution in [0.25, 0.3) is 10.2 Å². The maximum absolute atomic E-state index is 13.8. The van der Waals surface area contributed by atoms with Crippen LogP contribution in [0, 0.1) is 0 Å². The zero-order valence-electron chi connectivity index (χ0n) is 17.9. The van der Waals surface area contributed by atoms with Gasteiger partial charge < -0.3 is 4.74 Å². The van der Waals surface area contributed by atoms with Crippen LogP contribution in [0.5, 0.6) is 0 Å². The molecule has 1 atom stereocenters. The molecule has 1 aromatic heterocycles. The van der Waals surface area contributed by atoms with Crippen LogP contribution in [0.4, 0.5) is 5.13 Å². The Hall–Kier alpha value is -3.02. The number of thiazole rings is 1. The molecule has 32 heavy (non-hydrogen) atoms. The van der Waals surface area contributed by atoms with Crippen molar-refractivity contribution in [1.82, 2.24) is 4.98 Å². The largest absolute Gasteiger partial charge is 0.376 e. The molecule has 0 saturated carbocycles. The average Bonchev–Trinajstić information content (AvgIpc) is 3.51. The topological polar surface area (TPSA) is 42.4 Å². The van der Waals surface area contributed by atoms with Gasteiger partial charge in [-0.2, -0.15) is 0 Å². The second-order valence-corrected chi connectivity index (χ2v) is 9.19. The maximum atomic E-state index is 13.8. The smallest absolute Gasteiger partial charge is 0.229 e. The van der Waals surface area contributed by atoms with E-state index in [0.717, 1.165) is 45.9 Å². The summed E-state index contributed by atoms with van der Waals surface area (Å²) >= 11 is 1.57. The normalized spacial score (nSPS) is 16.0. The van der Waals surface area contributed by atoms with E-state index in [2.05, 4.69) is 30.3 Å². The number of fused-ring (bicyclic) bond motifs is 1. The maximum Gasteiger partial charge on any atom is 0.229 e. The first-order valence-electron chi connectivity index (χ1n) is 11.2. The van der Waals surface area contributed by atoms with E-state index in [9.17, 15) is 4.79 Å². The minimum atomic E-state index is -0.00808. The molecule has 0 spiro atoms. The number of nitrogens with zero attached hydrogens (tertiary/aromatic N) is 2. The number of rotatable bonds is 7. The lowest BCUT2D eigenvalue weighted by Crippen LogP contribution is -2.38. The quantitative estimate of drug-likeness (QED) is 0.351. The molecule has 1 aliphatic heterocycles. The van der Waals surface area contributed by atoms with Gasteiger partial charge in [0.25, 0.3) is 0 Å².